The van der Waals surface area contributed by atoms with Crippen molar-refractivity contribution in [2.45, 2.75) is 37.8 Å². The Morgan fingerprint density at radius 3 is 2.79 bits per heavy atom. The van der Waals surface area contributed by atoms with Gasteiger partial charge in [-0.3, -0.25) is 0 Å². The van der Waals surface area contributed by atoms with Gasteiger partial charge in [0, 0.05) is 25.2 Å². The molecule has 100 valence electrons. The Labute approximate surface area is 114 Å². The lowest BCUT2D eigenvalue weighted by atomic mass is 9.90. The highest BCUT2D eigenvalue weighted by Gasteiger charge is 2.27. The van der Waals surface area contributed by atoms with Crippen molar-refractivity contribution in [1.29, 1.82) is 5.26 Å². The van der Waals surface area contributed by atoms with Crippen molar-refractivity contribution < 1.29 is 0 Å². The fourth-order valence-corrected chi connectivity index (χ4v) is 3.22. The van der Waals surface area contributed by atoms with Gasteiger partial charge >= 0.3 is 0 Å². The number of nitrogens with two attached hydrogens (primary N) is 1. The quantitative estimate of drug-likeness (QED) is 0.807. The smallest absolute Gasteiger partial charge is 0.0992 e. The Balaban J connectivity index is 1.84. The number of hydrogen-bond acceptors (Lipinski definition) is 4. The highest BCUT2D eigenvalue weighted by Crippen LogP contribution is 2.34. The zero-order valence-corrected chi connectivity index (χ0v) is 11.1. The van der Waals surface area contributed by atoms with Crippen LogP contribution in [0.3, 0.4) is 0 Å². The van der Waals surface area contributed by atoms with Crippen LogP contribution in [-0.2, 0) is 0 Å². The molecule has 0 bridgehead atoms. The van der Waals surface area contributed by atoms with Crippen molar-refractivity contribution in [2.24, 2.45) is 5.73 Å². The maximum atomic E-state index is 8.98. The number of fused-ring (bicyclic) bond motifs is 1. The van der Waals surface area contributed by atoms with Gasteiger partial charge in [0.1, 0.15) is 0 Å². The number of benzene rings is 1. The molecular formula is C15H20N4. The molecule has 3 rings (SSSR count). The van der Waals surface area contributed by atoms with Crippen LogP contribution in [0.25, 0.3) is 0 Å². The lowest BCUT2D eigenvalue weighted by molar-refractivity contribution is 0.376. The van der Waals surface area contributed by atoms with Crippen LogP contribution in [0, 0.1) is 11.3 Å². The third kappa shape index (κ3) is 2.39. The zero-order valence-electron chi connectivity index (χ0n) is 11.1. The molecule has 19 heavy (non-hydrogen) atoms. The van der Waals surface area contributed by atoms with Crippen molar-refractivity contribution in [3.8, 4) is 6.07 Å². The van der Waals surface area contributed by atoms with Crippen molar-refractivity contribution in [1.82, 2.24) is 0 Å². The summed E-state index contributed by atoms with van der Waals surface area (Å²) in [6, 6.07) is 9.14. The second kappa shape index (κ2) is 5.10. The Bertz CT molecular complexity index is 497. The first-order chi connectivity index (χ1) is 9.28. The molecule has 0 radical (unpaired) electrons. The van der Waals surface area contributed by atoms with E-state index in [2.05, 4.69) is 22.4 Å². The molecule has 3 N–H and O–H groups in total. The summed E-state index contributed by atoms with van der Waals surface area (Å²) in [5.74, 6) is 0. The van der Waals surface area contributed by atoms with Gasteiger partial charge in [-0.2, -0.15) is 5.26 Å². The normalized spacial score (nSPS) is 26.2. The van der Waals surface area contributed by atoms with E-state index < -0.39 is 0 Å². The Hall–Kier alpha value is -1.73. The molecule has 0 saturated heterocycles. The van der Waals surface area contributed by atoms with Gasteiger partial charge in [0.05, 0.1) is 23.0 Å². The van der Waals surface area contributed by atoms with Crippen molar-refractivity contribution >= 4 is 11.4 Å². The van der Waals surface area contributed by atoms with Crippen molar-refractivity contribution in [2.75, 3.05) is 23.3 Å². The standard InChI is InChI=1S/C15H20N4/c16-10-11-1-6-15-14(9-11)18-7-8-19(15)13-4-2-12(17)3-5-13/h1,6,9,12-13,18H,2-5,7-8,17H2. The van der Waals surface area contributed by atoms with Gasteiger partial charge in [0.25, 0.3) is 0 Å². The lowest BCUT2D eigenvalue weighted by Gasteiger charge is -2.41. The van der Waals surface area contributed by atoms with Gasteiger partial charge in [-0.05, 0) is 43.9 Å². The summed E-state index contributed by atoms with van der Waals surface area (Å²) in [6.07, 6.45) is 4.61. The molecule has 1 aromatic carbocycles. The van der Waals surface area contributed by atoms with E-state index in [1.165, 1.54) is 18.5 Å². The van der Waals surface area contributed by atoms with Crippen LogP contribution in [-0.4, -0.2) is 25.2 Å². The number of hydrogen-bond donors (Lipinski definition) is 2. The molecular weight excluding hydrogens is 236 g/mol. The Morgan fingerprint density at radius 2 is 2.05 bits per heavy atom. The minimum absolute atomic E-state index is 0.389. The first kappa shape index (κ1) is 12.3. The lowest BCUT2D eigenvalue weighted by Crippen LogP contribution is -2.45. The molecule has 1 aromatic rings. The predicted molar refractivity (Wildman–Crippen MR) is 77.2 cm³/mol. The van der Waals surface area contributed by atoms with E-state index in [9.17, 15) is 0 Å². The average Bonchev–Trinajstić information content (AvgIpc) is 2.47. The molecule has 0 aromatic heterocycles. The van der Waals surface area contributed by atoms with Crippen molar-refractivity contribution in [3.63, 3.8) is 0 Å². The molecule has 4 nitrogen and oxygen atoms in total. The van der Waals surface area contributed by atoms with E-state index in [1.54, 1.807) is 0 Å². The highest BCUT2D eigenvalue weighted by atomic mass is 15.2. The minimum Gasteiger partial charge on any atom is -0.382 e. The van der Waals surface area contributed by atoms with Crippen molar-refractivity contribution in [3.05, 3.63) is 23.8 Å². The molecule has 1 saturated carbocycles. The van der Waals surface area contributed by atoms with Crippen LogP contribution < -0.4 is 16.0 Å². The van der Waals surface area contributed by atoms with Crippen LogP contribution >= 0.6 is 0 Å². The first-order valence-electron chi connectivity index (χ1n) is 7.08. The molecule has 4 heteroatoms. The van der Waals surface area contributed by atoms with Gasteiger partial charge in [-0.25, -0.2) is 0 Å². The van der Waals surface area contributed by atoms with Gasteiger partial charge in [-0.15, -0.1) is 0 Å². The largest absolute Gasteiger partial charge is 0.382 e. The Kier molecular flexibility index (Phi) is 3.31. The molecule has 1 heterocycles. The van der Waals surface area contributed by atoms with Gasteiger partial charge in [-0.1, -0.05) is 0 Å². The molecule has 1 aliphatic heterocycles. The maximum absolute atomic E-state index is 8.98. The van der Waals surface area contributed by atoms with Crippen LogP contribution in [0.2, 0.25) is 0 Å². The molecule has 0 amide bonds. The first-order valence-corrected chi connectivity index (χ1v) is 7.08. The molecule has 1 fully saturated rings. The summed E-state index contributed by atoms with van der Waals surface area (Å²) in [4.78, 5) is 2.50. The van der Waals surface area contributed by atoms with Crippen LogP contribution in [0.15, 0.2) is 18.2 Å². The van der Waals surface area contributed by atoms with E-state index >= 15 is 0 Å². The molecule has 0 spiro atoms. The summed E-state index contributed by atoms with van der Waals surface area (Å²) >= 11 is 0. The topological polar surface area (TPSA) is 65.1 Å². The maximum Gasteiger partial charge on any atom is 0.0992 e. The number of nitrogens with one attached hydrogen (secondary N) is 1. The summed E-state index contributed by atoms with van der Waals surface area (Å²) in [5, 5.41) is 12.4. The van der Waals surface area contributed by atoms with E-state index in [0.29, 0.717) is 12.1 Å². The number of nitrogens with zero attached hydrogens (tertiary/aromatic N) is 2. The van der Waals surface area contributed by atoms with E-state index in [1.807, 2.05) is 12.1 Å². The fourth-order valence-electron chi connectivity index (χ4n) is 3.22. The van der Waals surface area contributed by atoms with E-state index in [0.717, 1.165) is 37.2 Å². The van der Waals surface area contributed by atoms with Crippen LogP contribution in [0.1, 0.15) is 31.2 Å². The van der Waals surface area contributed by atoms with Gasteiger partial charge in [0.2, 0.25) is 0 Å². The second-order valence-electron chi connectivity index (χ2n) is 5.53. The summed E-state index contributed by atoms with van der Waals surface area (Å²) in [5.41, 5.74) is 9.05. The molecule has 1 aliphatic carbocycles. The third-order valence-electron chi connectivity index (χ3n) is 4.29. The SMILES string of the molecule is N#Cc1ccc2c(c1)NCCN2C1CCC(N)CC1. The summed E-state index contributed by atoms with van der Waals surface area (Å²) in [6.45, 7) is 1.99. The van der Waals surface area contributed by atoms with E-state index in [-0.39, 0.29) is 0 Å². The number of nitriles is 1. The molecule has 0 unspecified atom stereocenters. The summed E-state index contributed by atoms with van der Waals surface area (Å²) in [7, 11) is 0. The highest BCUT2D eigenvalue weighted by molar-refractivity contribution is 5.74. The predicted octanol–water partition coefficient (Wildman–Crippen LogP) is 2.06. The average molecular weight is 256 g/mol. The number of anilines is 2. The van der Waals surface area contributed by atoms with Gasteiger partial charge in [0.15, 0.2) is 0 Å². The third-order valence-corrected chi connectivity index (χ3v) is 4.29. The second-order valence-corrected chi connectivity index (χ2v) is 5.53. The molecule has 0 atom stereocenters. The van der Waals surface area contributed by atoms with Crippen LogP contribution in [0.5, 0.6) is 0 Å². The Morgan fingerprint density at radius 1 is 1.26 bits per heavy atom. The monoisotopic (exact) mass is 256 g/mol. The van der Waals surface area contributed by atoms with Gasteiger partial charge < -0.3 is 16.0 Å². The summed E-state index contributed by atoms with van der Waals surface area (Å²) < 4.78 is 0. The minimum atomic E-state index is 0.389. The number of rotatable bonds is 1. The fraction of sp³-hybridized carbons (Fsp3) is 0.533. The molecule has 2 aliphatic rings. The zero-order chi connectivity index (χ0) is 13.2. The van der Waals surface area contributed by atoms with E-state index in [4.69, 9.17) is 11.0 Å². The van der Waals surface area contributed by atoms with Crippen LogP contribution in [0.4, 0.5) is 11.4 Å².